The van der Waals surface area contributed by atoms with Crippen LogP contribution >= 0.6 is 11.3 Å². The van der Waals surface area contributed by atoms with Gasteiger partial charge in [0.25, 0.3) is 0 Å². The predicted octanol–water partition coefficient (Wildman–Crippen LogP) is 3.65. The molecule has 2 heterocycles. The summed E-state index contributed by atoms with van der Waals surface area (Å²) in [4.78, 5) is 26.3. The summed E-state index contributed by atoms with van der Waals surface area (Å²) in [5.74, 6) is -0.507. The first-order chi connectivity index (χ1) is 12.5. The van der Waals surface area contributed by atoms with Crippen LogP contribution in [0, 0.1) is 13.8 Å². The number of fused-ring (bicyclic) bond motifs is 1. The van der Waals surface area contributed by atoms with E-state index in [0.29, 0.717) is 17.2 Å². The number of carbonyl (C=O) groups excluding carboxylic acids is 2. The van der Waals surface area contributed by atoms with E-state index >= 15 is 0 Å². The summed E-state index contributed by atoms with van der Waals surface area (Å²) >= 11 is 1.51. The molecule has 7 heteroatoms. The van der Waals surface area contributed by atoms with Gasteiger partial charge in [-0.3, -0.25) is 9.48 Å². The SMILES string of the molecule is CCCOC(=O)c1c(NC(=O)Cn2nc(C)cc2C)sc2c1CCCC2. The van der Waals surface area contributed by atoms with Gasteiger partial charge in [0.05, 0.1) is 17.9 Å². The second-order valence-corrected chi connectivity index (χ2v) is 7.79. The normalized spacial score (nSPS) is 13.3. The van der Waals surface area contributed by atoms with Crippen LogP contribution in [0.25, 0.3) is 0 Å². The van der Waals surface area contributed by atoms with Crippen LogP contribution in [0.2, 0.25) is 0 Å². The fourth-order valence-corrected chi connectivity index (χ4v) is 4.57. The third-order valence-electron chi connectivity index (χ3n) is 4.46. The molecule has 0 unspecified atom stereocenters. The highest BCUT2D eigenvalue weighted by atomic mass is 32.1. The number of nitrogens with zero attached hydrogens (tertiary/aromatic N) is 2. The Bertz CT molecular complexity index is 822. The Morgan fingerprint density at radius 3 is 2.77 bits per heavy atom. The maximum absolute atomic E-state index is 12.6. The zero-order valence-electron chi connectivity index (χ0n) is 15.6. The van der Waals surface area contributed by atoms with Crippen LogP contribution in [0.15, 0.2) is 6.07 Å². The molecule has 1 aliphatic carbocycles. The van der Waals surface area contributed by atoms with Crippen molar-refractivity contribution in [2.75, 3.05) is 11.9 Å². The number of esters is 1. The molecule has 1 aliphatic rings. The minimum Gasteiger partial charge on any atom is -0.462 e. The van der Waals surface area contributed by atoms with Crippen molar-refractivity contribution in [3.8, 4) is 0 Å². The summed E-state index contributed by atoms with van der Waals surface area (Å²) in [6.45, 7) is 6.31. The first-order valence-electron chi connectivity index (χ1n) is 9.12. The second-order valence-electron chi connectivity index (χ2n) is 6.68. The first-order valence-corrected chi connectivity index (χ1v) is 9.93. The molecule has 0 saturated heterocycles. The maximum atomic E-state index is 12.6. The van der Waals surface area contributed by atoms with Gasteiger partial charge in [-0.05, 0) is 57.6 Å². The number of thiophene rings is 1. The van der Waals surface area contributed by atoms with E-state index in [1.54, 1.807) is 4.68 Å². The van der Waals surface area contributed by atoms with E-state index < -0.39 is 0 Å². The molecule has 0 aromatic carbocycles. The monoisotopic (exact) mass is 375 g/mol. The van der Waals surface area contributed by atoms with Gasteiger partial charge in [-0.25, -0.2) is 4.79 Å². The molecule has 0 spiro atoms. The Balaban J connectivity index is 1.82. The van der Waals surface area contributed by atoms with Crippen LogP contribution in [0.3, 0.4) is 0 Å². The summed E-state index contributed by atoms with van der Waals surface area (Å²) in [6, 6.07) is 1.94. The summed E-state index contributed by atoms with van der Waals surface area (Å²) in [7, 11) is 0. The molecule has 3 rings (SSSR count). The largest absolute Gasteiger partial charge is 0.462 e. The Morgan fingerprint density at radius 2 is 2.08 bits per heavy atom. The van der Waals surface area contributed by atoms with Gasteiger partial charge in [0, 0.05) is 10.6 Å². The molecule has 1 N–H and O–H groups in total. The highest BCUT2D eigenvalue weighted by Gasteiger charge is 2.27. The van der Waals surface area contributed by atoms with Crippen molar-refractivity contribution in [3.05, 3.63) is 33.5 Å². The number of hydrogen-bond acceptors (Lipinski definition) is 5. The minimum absolute atomic E-state index is 0.131. The number of anilines is 1. The quantitative estimate of drug-likeness (QED) is 0.782. The molecule has 6 nitrogen and oxygen atoms in total. The molecular weight excluding hydrogens is 350 g/mol. The highest BCUT2D eigenvalue weighted by molar-refractivity contribution is 7.17. The summed E-state index contributed by atoms with van der Waals surface area (Å²) in [5, 5.41) is 7.87. The van der Waals surface area contributed by atoms with E-state index in [9.17, 15) is 9.59 Å². The molecule has 2 aromatic heterocycles. The van der Waals surface area contributed by atoms with Crippen molar-refractivity contribution in [1.29, 1.82) is 0 Å². The average Bonchev–Trinajstić information content (AvgIpc) is 3.11. The number of nitrogens with one attached hydrogen (secondary N) is 1. The van der Waals surface area contributed by atoms with Crippen molar-refractivity contribution < 1.29 is 14.3 Å². The van der Waals surface area contributed by atoms with Crippen LogP contribution in [-0.4, -0.2) is 28.3 Å². The molecule has 0 bridgehead atoms. The molecule has 1 amide bonds. The molecule has 0 aliphatic heterocycles. The molecule has 0 atom stereocenters. The summed E-state index contributed by atoms with van der Waals surface area (Å²) < 4.78 is 7.04. The first kappa shape index (κ1) is 18.6. The van der Waals surface area contributed by atoms with E-state index in [0.717, 1.165) is 49.1 Å². The summed E-state index contributed by atoms with van der Waals surface area (Å²) in [5.41, 5.74) is 3.43. The lowest BCUT2D eigenvalue weighted by Crippen LogP contribution is -2.21. The molecule has 140 valence electrons. The van der Waals surface area contributed by atoms with Crippen molar-refractivity contribution >= 4 is 28.2 Å². The summed E-state index contributed by atoms with van der Waals surface area (Å²) in [6.07, 6.45) is 4.79. The topological polar surface area (TPSA) is 73.2 Å². The van der Waals surface area contributed by atoms with Crippen LogP contribution in [-0.2, 0) is 28.9 Å². The number of aryl methyl sites for hydroxylation is 3. The van der Waals surface area contributed by atoms with Crippen LogP contribution < -0.4 is 5.32 Å². The lowest BCUT2D eigenvalue weighted by Gasteiger charge is -2.12. The lowest BCUT2D eigenvalue weighted by molar-refractivity contribution is -0.116. The molecule has 26 heavy (non-hydrogen) atoms. The van der Waals surface area contributed by atoms with Gasteiger partial charge < -0.3 is 10.1 Å². The molecule has 2 aromatic rings. The standard InChI is InChI=1S/C19H25N3O3S/c1-4-9-25-19(24)17-14-7-5-6-8-15(14)26-18(17)20-16(23)11-22-13(3)10-12(2)21-22/h10H,4-9,11H2,1-3H3,(H,20,23). The highest BCUT2D eigenvalue weighted by Crippen LogP contribution is 2.38. The zero-order chi connectivity index (χ0) is 18.7. The van der Waals surface area contributed by atoms with Gasteiger partial charge in [-0.15, -0.1) is 11.3 Å². The van der Waals surface area contributed by atoms with Crippen molar-refractivity contribution in [3.63, 3.8) is 0 Å². The van der Waals surface area contributed by atoms with Gasteiger partial charge in [0.15, 0.2) is 0 Å². The van der Waals surface area contributed by atoms with E-state index in [-0.39, 0.29) is 18.4 Å². The van der Waals surface area contributed by atoms with Gasteiger partial charge in [-0.1, -0.05) is 6.92 Å². The van der Waals surface area contributed by atoms with Gasteiger partial charge in [0.2, 0.25) is 5.91 Å². The Morgan fingerprint density at radius 1 is 1.31 bits per heavy atom. The number of ether oxygens (including phenoxy) is 1. The molecule has 0 radical (unpaired) electrons. The van der Waals surface area contributed by atoms with E-state index in [2.05, 4.69) is 10.4 Å². The van der Waals surface area contributed by atoms with Crippen LogP contribution in [0.1, 0.15) is 58.4 Å². The Kier molecular flexibility index (Phi) is 5.76. The number of rotatable bonds is 6. The van der Waals surface area contributed by atoms with E-state index in [1.807, 2.05) is 26.8 Å². The van der Waals surface area contributed by atoms with E-state index in [4.69, 9.17) is 4.74 Å². The number of amides is 1. The number of carbonyl (C=O) groups is 2. The fourth-order valence-electron chi connectivity index (χ4n) is 3.27. The van der Waals surface area contributed by atoms with E-state index in [1.165, 1.54) is 16.2 Å². The third-order valence-corrected chi connectivity index (χ3v) is 5.67. The minimum atomic E-state index is -0.326. The smallest absolute Gasteiger partial charge is 0.341 e. The lowest BCUT2D eigenvalue weighted by atomic mass is 9.95. The molecule has 0 fully saturated rings. The van der Waals surface area contributed by atoms with Crippen LogP contribution in [0.5, 0.6) is 0 Å². The van der Waals surface area contributed by atoms with Crippen molar-refractivity contribution in [2.45, 2.75) is 59.4 Å². The second kappa shape index (κ2) is 8.03. The van der Waals surface area contributed by atoms with Crippen LogP contribution in [0.4, 0.5) is 5.00 Å². The Hall–Kier alpha value is -2.15. The predicted molar refractivity (Wildman–Crippen MR) is 102 cm³/mol. The average molecular weight is 375 g/mol. The third kappa shape index (κ3) is 3.98. The van der Waals surface area contributed by atoms with Crippen molar-refractivity contribution in [2.24, 2.45) is 0 Å². The number of aromatic nitrogens is 2. The van der Waals surface area contributed by atoms with Gasteiger partial charge in [0.1, 0.15) is 11.5 Å². The zero-order valence-corrected chi connectivity index (χ0v) is 16.4. The molecule has 0 saturated carbocycles. The number of hydrogen-bond donors (Lipinski definition) is 1. The maximum Gasteiger partial charge on any atom is 0.341 e. The van der Waals surface area contributed by atoms with Gasteiger partial charge in [-0.2, -0.15) is 5.10 Å². The fraction of sp³-hybridized carbons (Fsp3) is 0.526. The van der Waals surface area contributed by atoms with Gasteiger partial charge >= 0.3 is 5.97 Å². The van der Waals surface area contributed by atoms with Crippen molar-refractivity contribution in [1.82, 2.24) is 9.78 Å². The Labute approximate surface area is 157 Å². The molecular formula is C19H25N3O3S.